The lowest BCUT2D eigenvalue weighted by molar-refractivity contribution is 0.0841. The minimum atomic E-state index is -0.298. The van der Waals surface area contributed by atoms with Crippen LogP contribution in [0.2, 0.25) is 0 Å². The molecule has 0 N–H and O–H groups in total. The highest BCUT2D eigenvalue weighted by Crippen LogP contribution is 2.22. The van der Waals surface area contributed by atoms with Gasteiger partial charge >= 0.3 is 0 Å². The Kier molecular flexibility index (Phi) is 5.18. The van der Waals surface area contributed by atoms with Crippen LogP contribution in [0.15, 0.2) is 29.6 Å². The van der Waals surface area contributed by atoms with Crippen molar-refractivity contribution in [3.8, 4) is 0 Å². The Morgan fingerprint density at radius 1 is 1.30 bits per heavy atom. The fourth-order valence-electron chi connectivity index (χ4n) is 3.06. The third-order valence-corrected chi connectivity index (χ3v) is 5.26. The number of aromatic nitrogens is 1. The Bertz CT molecular complexity index is 660. The number of carbonyl (C=O) groups is 1. The van der Waals surface area contributed by atoms with Gasteiger partial charge in [0.15, 0.2) is 5.78 Å². The van der Waals surface area contributed by atoms with Gasteiger partial charge in [0.1, 0.15) is 5.82 Å². The van der Waals surface area contributed by atoms with Crippen molar-refractivity contribution in [2.45, 2.75) is 26.2 Å². The van der Waals surface area contributed by atoms with Crippen LogP contribution in [-0.4, -0.2) is 35.3 Å². The third-order valence-electron chi connectivity index (χ3n) is 4.44. The molecule has 3 rings (SSSR count). The molecule has 0 atom stereocenters. The Morgan fingerprint density at radius 2 is 2.00 bits per heavy atom. The largest absolute Gasteiger partial charge is 0.303 e. The summed E-state index contributed by atoms with van der Waals surface area (Å²) in [5, 5.41) is 3.24. The third kappa shape index (κ3) is 4.24. The van der Waals surface area contributed by atoms with Gasteiger partial charge in [0.2, 0.25) is 0 Å². The van der Waals surface area contributed by atoms with Gasteiger partial charge in [-0.25, -0.2) is 9.37 Å². The maximum absolute atomic E-state index is 12.9. The van der Waals surface area contributed by atoms with Crippen molar-refractivity contribution in [3.05, 3.63) is 51.7 Å². The Hall–Kier alpha value is -1.59. The van der Waals surface area contributed by atoms with Gasteiger partial charge in [-0.3, -0.25) is 4.79 Å². The van der Waals surface area contributed by atoms with E-state index in [1.165, 1.54) is 12.1 Å². The van der Waals surface area contributed by atoms with E-state index in [-0.39, 0.29) is 17.5 Å². The standard InChI is InChI=1S/C18H21FN2OS/c1-13-20-17(12-23-13)8-11-21-9-6-15(7-10-21)18(22)14-2-4-16(19)5-3-14/h2-5,12,15H,6-11H2,1H3. The van der Waals surface area contributed by atoms with E-state index in [0.29, 0.717) is 5.56 Å². The molecule has 3 nitrogen and oxygen atoms in total. The van der Waals surface area contributed by atoms with Crippen molar-refractivity contribution >= 4 is 17.1 Å². The number of nitrogens with zero attached hydrogens (tertiary/aromatic N) is 2. The second-order valence-electron chi connectivity index (χ2n) is 6.09. The highest BCUT2D eigenvalue weighted by atomic mass is 32.1. The molecule has 0 aliphatic carbocycles. The van der Waals surface area contributed by atoms with E-state index < -0.39 is 0 Å². The molecule has 2 aromatic rings. The molecular weight excluding hydrogens is 311 g/mol. The number of hydrogen-bond acceptors (Lipinski definition) is 4. The molecule has 1 fully saturated rings. The smallest absolute Gasteiger partial charge is 0.166 e. The summed E-state index contributed by atoms with van der Waals surface area (Å²) < 4.78 is 12.9. The number of halogens is 1. The molecule has 0 radical (unpaired) electrons. The van der Waals surface area contributed by atoms with E-state index in [2.05, 4.69) is 15.3 Å². The van der Waals surface area contributed by atoms with Crippen LogP contribution in [0.5, 0.6) is 0 Å². The van der Waals surface area contributed by atoms with Crippen molar-refractivity contribution in [1.29, 1.82) is 0 Å². The van der Waals surface area contributed by atoms with Gasteiger partial charge in [-0.1, -0.05) is 0 Å². The molecule has 122 valence electrons. The molecule has 0 saturated carbocycles. The summed E-state index contributed by atoms with van der Waals surface area (Å²) in [6, 6.07) is 5.90. The zero-order chi connectivity index (χ0) is 16.2. The molecule has 1 aromatic carbocycles. The maximum atomic E-state index is 12.9. The van der Waals surface area contributed by atoms with E-state index in [9.17, 15) is 9.18 Å². The summed E-state index contributed by atoms with van der Waals surface area (Å²) in [5.41, 5.74) is 1.79. The van der Waals surface area contributed by atoms with E-state index in [1.807, 2.05) is 6.92 Å². The number of carbonyl (C=O) groups excluding carboxylic acids is 1. The van der Waals surface area contributed by atoms with Gasteiger partial charge < -0.3 is 4.90 Å². The number of rotatable bonds is 5. The van der Waals surface area contributed by atoms with Crippen molar-refractivity contribution < 1.29 is 9.18 Å². The van der Waals surface area contributed by atoms with Crippen LogP contribution in [0.25, 0.3) is 0 Å². The molecule has 5 heteroatoms. The molecule has 0 spiro atoms. The minimum Gasteiger partial charge on any atom is -0.303 e. The second-order valence-corrected chi connectivity index (χ2v) is 7.16. The van der Waals surface area contributed by atoms with E-state index in [1.54, 1.807) is 23.5 Å². The van der Waals surface area contributed by atoms with Crippen LogP contribution in [0.4, 0.5) is 4.39 Å². The lowest BCUT2D eigenvalue weighted by atomic mass is 9.89. The number of Topliss-reactive ketones (excluding diaryl/α,β-unsaturated/α-hetero) is 1. The molecule has 23 heavy (non-hydrogen) atoms. The molecule has 1 saturated heterocycles. The Balaban J connectivity index is 1.48. The number of ketones is 1. The van der Waals surface area contributed by atoms with Gasteiger partial charge in [0, 0.05) is 29.8 Å². The Labute approximate surface area is 140 Å². The first-order valence-electron chi connectivity index (χ1n) is 8.05. The fourth-order valence-corrected chi connectivity index (χ4v) is 3.71. The van der Waals surface area contributed by atoms with Crippen molar-refractivity contribution in [3.63, 3.8) is 0 Å². The summed E-state index contributed by atoms with van der Waals surface area (Å²) in [5.74, 6) is -0.0772. The first kappa shape index (κ1) is 16.3. The molecular formula is C18H21FN2OS. The highest BCUT2D eigenvalue weighted by Gasteiger charge is 2.25. The zero-order valence-electron chi connectivity index (χ0n) is 13.3. The number of benzene rings is 1. The summed E-state index contributed by atoms with van der Waals surface area (Å²) in [4.78, 5) is 19.3. The predicted molar refractivity (Wildman–Crippen MR) is 90.4 cm³/mol. The van der Waals surface area contributed by atoms with Crippen molar-refractivity contribution in [2.75, 3.05) is 19.6 Å². The molecule has 0 bridgehead atoms. The molecule has 0 amide bonds. The first-order chi connectivity index (χ1) is 11.1. The first-order valence-corrected chi connectivity index (χ1v) is 8.93. The topological polar surface area (TPSA) is 33.2 Å². The number of piperidine rings is 1. The van der Waals surface area contributed by atoms with Crippen LogP contribution in [-0.2, 0) is 6.42 Å². The molecule has 1 aliphatic heterocycles. The second kappa shape index (κ2) is 7.32. The zero-order valence-corrected chi connectivity index (χ0v) is 14.1. The van der Waals surface area contributed by atoms with Crippen molar-refractivity contribution in [2.24, 2.45) is 5.92 Å². The van der Waals surface area contributed by atoms with Gasteiger partial charge in [-0.15, -0.1) is 11.3 Å². The summed E-state index contributed by atoms with van der Waals surface area (Å²) in [6.07, 6.45) is 2.74. The molecule has 0 unspecified atom stereocenters. The summed E-state index contributed by atoms with van der Waals surface area (Å²) in [6.45, 7) is 4.92. The average molecular weight is 332 g/mol. The van der Waals surface area contributed by atoms with E-state index >= 15 is 0 Å². The highest BCUT2D eigenvalue weighted by molar-refractivity contribution is 7.09. The average Bonchev–Trinajstić information content (AvgIpc) is 2.99. The SMILES string of the molecule is Cc1nc(CCN2CCC(C(=O)c3ccc(F)cc3)CC2)cs1. The summed E-state index contributed by atoms with van der Waals surface area (Å²) >= 11 is 1.69. The van der Waals surface area contributed by atoms with Gasteiger partial charge in [0.05, 0.1) is 10.7 Å². The van der Waals surface area contributed by atoms with Gasteiger partial charge in [0.25, 0.3) is 0 Å². The van der Waals surface area contributed by atoms with Crippen LogP contribution in [0.3, 0.4) is 0 Å². The van der Waals surface area contributed by atoms with Gasteiger partial charge in [-0.2, -0.15) is 0 Å². The van der Waals surface area contributed by atoms with Crippen LogP contribution < -0.4 is 0 Å². The number of aryl methyl sites for hydroxylation is 1. The fraction of sp³-hybridized carbons (Fsp3) is 0.444. The molecule has 2 heterocycles. The predicted octanol–water partition coefficient (Wildman–Crippen LogP) is 3.73. The number of likely N-dealkylation sites (tertiary alicyclic amines) is 1. The number of hydrogen-bond donors (Lipinski definition) is 0. The van der Waals surface area contributed by atoms with E-state index in [4.69, 9.17) is 0 Å². The lowest BCUT2D eigenvalue weighted by Gasteiger charge is -2.31. The van der Waals surface area contributed by atoms with Crippen LogP contribution in [0, 0.1) is 18.7 Å². The normalized spacial score (nSPS) is 16.6. The van der Waals surface area contributed by atoms with Crippen molar-refractivity contribution in [1.82, 2.24) is 9.88 Å². The Morgan fingerprint density at radius 3 is 2.61 bits per heavy atom. The molecule has 1 aliphatic rings. The quantitative estimate of drug-likeness (QED) is 0.782. The number of thiazole rings is 1. The van der Waals surface area contributed by atoms with Gasteiger partial charge in [-0.05, 0) is 57.1 Å². The minimum absolute atomic E-state index is 0.0678. The van der Waals surface area contributed by atoms with E-state index in [0.717, 1.165) is 49.6 Å². The maximum Gasteiger partial charge on any atom is 0.166 e. The van der Waals surface area contributed by atoms with Crippen LogP contribution in [0.1, 0.15) is 33.9 Å². The van der Waals surface area contributed by atoms with Crippen LogP contribution >= 0.6 is 11.3 Å². The lowest BCUT2D eigenvalue weighted by Crippen LogP contribution is -2.37. The summed E-state index contributed by atoms with van der Waals surface area (Å²) in [7, 11) is 0. The molecule has 1 aromatic heterocycles. The monoisotopic (exact) mass is 332 g/mol.